The fraction of sp³-hybridized carbons (Fsp3) is 0.817. The van der Waals surface area contributed by atoms with Crippen LogP contribution in [0.3, 0.4) is 0 Å². The molecule has 0 aromatic rings. The highest BCUT2D eigenvalue weighted by atomic mass is 31.2. The maximum absolute atomic E-state index is 13.0. The van der Waals surface area contributed by atoms with Gasteiger partial charge in [0, 0.05) is 6.42 Å². The summed E-state index contributed by atoms with van der Waals surface area (Å²) >= 11 is 0. The standard InChI is InChI=1S/C71H133N2O6P/c1-6-8-10-12-14-16-18-20-22-24-26-28-30-32-34-35-36-37-39-40-42-44-46-48-50-52-54-56-58-60-62-64-70(74)69(68-79-80(76,77)78-67-66-73(3,4)5)72-71(75)65-63-61-59-57-55-53-51-49-47-45-43-41-38-33-31-29-27-25-23-21-19-17-15-13-11-9-7-2/h9,11,15,17,21,23,27,29,54,56,62,64,69-70,74H,6-8,10,12-14,16,18-20,22,24-26,28,30-53,55,57-61,63,65-68H2,1-5H3,(H-,72,75,76,77)/b11-9-,17-15-,23-21-,29-27-,56-54+,64-62+. The van der Waals surface area contributed by atoms with E-state index in [9.17, 15) is 19.4 Å². The Hall–Kier alpha value is -2.06. The molecule has 0 heterocycles. The van der Waals surface area contributed by atoms with Crippen LogP contribution in [-0.2, 0) is 18.4 Å². The number of rotatable bonds is 63. The van der Waals surface area contributed by atoms with Crippen LogP contribution in [0.25, 0.3) is 0 Å². The minimum absolute atomic E-state index is 0.00800. The highest BCUT2D eigenvalue weighted by Crippen LogP contribution is 2.38. The van der Waals surface area contributed by atoms with E-state index in [1.807, 2.05) is 27.2 Å². The second kappa shape index (κ2) is 61.5. The number of carbonyl (C=O) groups is 1. The van der Waals surface area contributed by atoms with E-state index in [-0.39, 0.29) is 12.5 Å². The van der Waals surface area contributed by atoms with Crippen LogP contribution in [0.1, 0.15) is 322 Å². The van der Waals surface area contributed by atoms with Crippen molar-refractivity contribution in [3.63, 3.8) is 0 Å². The van der Waals surface area contributed by atoms with Crippen molar-refractivity contribution in [3.8, 4) is 0 Å². The van der Waals surface area contributed by atoms with Gasteiger partial charge in [-0.2, -0.15) is 0 Å². The molecule has 0 aromatic heterocycles. The van der Waals surface area contributed by atoms with E-state index < -0.39 is 26.6 Å². The van der Waals surface area contributed by atoms with Crippen LogP contribution in [0.15, 0.2) is 72.9 Å². The minimum atomic E-state index is -4.61. The lowest BCUT2D eigenvalue weighted by molar-refractivity contribution is -0.870. The fourth-order valence-electron chi connectivity index (χ4n) is 10.1. The van der Waals surface area contributed by atoms with E-state index in [2.05, 4.69) is 79.9 Å². The van der Waals surface area contributed by atoms with Crippen molar-refractivity contribution in [2.45, 2.75) is 334 Å². The lowest BCUT2D eigenvalue weighted by Crippen LogP contribution is -2.45. The number of hydrogen-bond donors (Lipinski definition) is 2. The highest BCUT2D eigenvalue weighted by Gasteiger charge is 2.23. The van der Waals surface area contributed by atoms with Gasteiger partial charge in [0.2, 0.25) is 5.91 Å². The summed E-state index contributed by atoms with van der Waals surface area (Å²) in [6.07, 6.45) is 86.0. The number of phosphoric acid groups is 1. The predicted octanol–water partition coefficient (Wildman–Crippen LogP) is 21.1. The minimum Gasteiger partial charge on any atom is -0.756 e. The molecule has 1 amide bonds. The number of aliphatic hydroxyl groups excluding tert-OH is 1. The van der Waals surface area contributed by atoms with E-state index in [1.165, 1.54) is 238 Å². The van der Waals surface area contributed by atoms with Crippen LogP contribution < -0.4 is 10.2 Å². The van der Waals surface area contributed by atoms with Crippen LogP contribution >= 0.6 is 7.82 Å². The Balaban J connectivity index is 4.12. The Labute approximate surface area is 497 Å². The van der Waals surface area contributed by atoms with Crippen LogP contribution in [0.5, 0.6) is 0 Å². The van der Waals surface area contributed by atoms with Gasteiger partial charge in [-0.25, -0.2) is 0 Å². The molecule has 0 aliphatic carbocycles. The number of aliphatic hydroxyl groups is 1. The third-order valence-electron chi connectivity index (χ3n) is 15.4. The van der Waals surface area contributed by atoms with Gasteiger partial charge in [0.1, 0.15) is 13.2 Å². The van der Waals surface area contributed by atoms with Crippen molar-refractivity contribution in [2.75, 3.05) is 40.9 Å². The number of nitrogens with zero attached hydrogens (tertiary/aromatic N) is 1. The first kappa shape index (κ1) is 77.9. The number of likely N-dealkylation sites (N-methyl/N-ethyl adjacent to an activating group) is 1. The lowest BCUT2D eigenvalue weighted by Gasteiger charge is -2.29. The zero-order valence-electron chi connectivity index (χ0n) is 53.5. The zero-order valence-corrected chi connectivity index (χ0v) is 54.4. The monoisotopic (exact) mass is 1140 g/mol. The average molecular weight is 1140 g/mol. The van der Waals surface area contributed by atoms with E-state index in [4.69, 9.17) is 9.05 Å². The van der Waals surface area contributed by atoms with Gasteiger partial charge in [-0.05, 0) is 70.6 Å². The first-order chi connectivity index (χ1) is 39.0. The van der Waals surface area contributed by atoms with Crippen molar-refractivity contribution in [2.24, 2.45) is 0 Å². The lowest BCUT2D eigenvalue weighted by atomic mass is 10.0. The largest absolute Gasteiger partial charge is 0.756 e. The molecule has 0 radical (unpaired) electrons. The third kappa shape index (κ3) is 63.5. The second-order valence-corrected chi connectivity index (χ2v) is 25.9. The molecule has 0 spiro atoms. The second-order valence-electron chi connectivity index (χ2n) is 24.5. The molecule has 0 bridgehead atoms. The molecule has 8 nitrogen and oxygen atoms in total. The maximum atomic E-state index is 13.0. The van der Waals surface area contributed by atoms with Crippen LogP contribution in [0.4, 0.5) is 0 Å². The van der Waals surface area contributed by atoms with Gasteiger partial charge in [0.15, 0.2) is 0 Å². The van der Waals surface area contributed by atoms with Gasteiger partial charge in [0.25, 0.3) is 7.82 Å². The molecular weight excluding hydrogens is 1010 g/mol. The summed E-state index contributed by atoms with van der Waals surface area (Å²) in [5, 5.41) is 13.9. The summed E-state index contributed by atoms with van der Waals surface area (Å²) in [7, 11) is 1.25. The summed E-state index contributed by atoms with van der Waals surface area (Å²) in [4.78, 5) is 25.6. The number of unbranched alkanes of at least 4 members (excludes halogenated alkanes) is 40. The number of amides is 1. The number of quaternary nitrogens is 1. The fourth-order valence-corrected chi connectivity index (χ4v) is 10.8. The van der Waals surface area contributed by atoms with Gasteiger partial charge in [-0.1, -0.05) is 318 Å². The highest BCUT2D eigenvalue weighted by molar-refractivity contribution is 7.45. The normalized spacial score (nSPS) is 14.1. The molecule has 0 aliphatic rings. The van der Waals surface area contributed by atoms with E-state index in [0.29, 0.717) is 17.4 Å². The molecule has 3 atom stereocenters. The molecule has 0 fully saturated rings. The SMILES string of the molecule is CC/C=C\C/C=C\C/C=C\C/C=C\CCCCCCCCCCCCCCCCC(=O)NC(COP(=O)([O-])OCC[N+](C)(C)C)C(O)/C=C/CC/C=C/CCCCCCCCCCCCCCCCCCCCCCCCCCC. The molecule has 3 unspecified atom stereocenters. The third-order valence-corrected chi connectivity index (χ3v) is 16.4. The van der Waals surface area contributed by atoms with Crippen molar-refractivity contribution >= 4 is 13.7 Å². The Morgan fingerprint density at radius 1 is 0.450 bits per heavy atom. The maximum Gasteiger partial charge on any atom is 0.268 e. The van der Waals surface area contributed by atoms with E-state index in [0.717, 1.165) is 64.2 Å². The first-order valence-electron chi connectivity index (χ1n) is 34.3. The zero-order chi connectivity index (χ0) is 58.4. The van der Waals surface area contributed by atoms with Crippen molar-refractivity contribution in [1.29, 1.82) is 0 Å². The summed E-state index contributed by atoms with van der Waals surface area (Å²) in [5.74, 6) is -0.206. The molecule has 468 valence electrons. The molecular formula is C71H133N2O6P. The molecule has 0 rings (SSSR count). The molecule has 0 saturated carbocycles. The Kier molecular flexibility index (Phi) is 59.9. The topological polar surface area (TPSA) is 108 Å². The Morgan fingerprint density at radius 3 is 1.16 bits per heavy atom. The summed E-state index contributed by atoms with van der Waals surface area (Å²) < 4.78 is 23.4. The number of allylic oxidation sites excluding steroid dienone is 11. The van der Waals surface area contributed by atoms with Crippen molar-refractivity contribution < 1.29 is 32.9 Å². The van der Waals surface area contributed by atoms with Crippen LogP contribution in [-0.4, -0.2) is 68.5 Å². The quantitative estimate of drug-likeness (QED) is 0.0272. The van der Waals surface area contributed by atoms with Gasteiger partial charge < -0.3 is 28.8 Å². The smallest absolute Gasteiger partial charge is 0.268 e. The van der Waals surface area contributed by atoms with E-state index in [1.54, 1.807) is 6.08 Å². The molecule has 0 aromatic carbocycles. The Morgan fingerprint density at radius 2 is 0.775 bits per heavy atom. The van der Waals surface area contributed by atoms with Gasteiger partial charge in [-0.3, -0.25) is 9.36 Å². The van der Waals surface area contributed by atoms with Crippen LogP contribution in [0.2, 0.25) is 0 Å². The summed E-state index contributed by atoms with van der Waals surface area (Å²) in [6, 6.07) is -0.909. The molecule has 0 aliphatic heterocycles. The van der Waals surface area contributed by atoms with Crippen LogP contribution in [0, 0.1) is 0 Å². The molecule has 2 N–H and O–H groups in total. The molecule has 9 heteroatoms. The summed E-state index contributed by atoms with van der Waals surface area (Å²) in [5.41, 5.74) is 0. The van der Waals surface area contributed by atoms with Gasteiger partial charge >= 0.3 is 0 Å². The predicted molar refractivity (Wildman–Crippen MR) is 348 cm³/mol. The number of carbonyl (C=O) groups excluding carboxylic acids is 1. The number of phosphoric ester groups is 1. The van der Waals surface area contributed by atoms with Gasteiger partial charge in [-0.15, -0.1) is 0 Å². The first-order valence-corrected chi connectivity index (χ1v) is 35.8. The summed E-state index contributed by atoms with van der Waals surface area (Å²) in [6.45, 7) is 4.55. The molecule has 0 saturated heterocycles. The van der Waals surface area contributed by atoms with Crippen molar-refractivity contribution in [3.05, 3.63) is 72.9 Å². The Bertz CT molecular complexity index is 1530. The van der Waals surface area contributed by atoms with Crippen molar-refractivity contribution in [1.82, 2.24) is 5.32 Å². The van der Waals surface area contributed by atoms with Gasteiger partial charge in [0.05, 0.1) is 39.9 Å². The number of hydrogen-bond acceptors (Lipinski definition) is 6. The van der Waals surface area contributed by atoms with E-state index >= 15 is 0 Å². The molecule has 80 heavy (non-hydrogen) atoms. The number of nitrogens with one attached hydrogen (secondary N) is 1. The average Bonchev–Trinajstić information content (AvgIpc) is 3.42.